The molecule has 1 unspecified atom stereocenters. The van der Waals surface area contributed by atoms with E-state index in [9.17, 15) is 4.79 Å². The van der Waals surface area contributed by atoms with Gasteiger partial charge in [0.2, 0.25) is 0 Å². The van der Waals surface area contributed by atoms with Gasteiger partial charge in [-0.15, -0.1) is 0 Å². The molecule has 0 radical (unpaired) electrons. The second-order valence-corrected chi connectivity index (χ2v) is 3.52. The first-order valence-corrected chi connectivity index (χ1v) is 5.01. The highest BCUT2D eigenvalue weighted by Gasteiger charge is 2.32. The topological polar surface area (TPSA) is 133 Å². The number of nitrogens with zero attached hydrogens (tertiary/aromatic N) is 6. The minimum atomic E-state index is -0.536. The van der Waals surface area contributed by atoms with E-state index in [4.69, 9.17) is 20.5 Å². The van der Waals surface area contributed by atoms with Crippen LogP contribution in [-0.4, -0.2) is 37.4 Å². The Labute approximate surface area is 96.9 Å². The minimum absolute atomic E-state index is 0.146. The summed E-state index contributed by atoms with van der Waals surface area (Å²) >= 11 is 0. The maximum absolute atomic E-state index is 10.9. The number of azide groups is 2. The van der Waals surface area contributed by atoms with Gasteiger partial charge in [0, 0.05) is 23.2 Å². The lowest BCUT2D eigenvalue weighted by Gasteiger charge is -2.32. The summed E-state index contributed by atoms with van der Waals surface area (Å²) in [6, 6.07) is -0.536. The number of hydrogen-bond donors (Lipinski definition) is 0. The number of esters is 1. The quantitative estimate of drug-likeness (QED) is 0.320. The first-order valence-electron chi connectivity index (χ1n) is 5.01. The first-order chi connectivity index (χ1) is 8.17. The minimum Gasteiger partial charge on any atom is -0.462 e. The van der Waals surface area contributed by atoms with Crippen LogP contribution in [-0.2, 0) is 14.3 Å². The summed E-state index contributed by atoms with van der Waals surface area (Å²) in [5, 5.41) is 6.90. The average molecular weight is 240 g/mol. The van der Waals surface area contributed by atoms with Crippen LogP contribution in [0, 0.1) is 0 Å². The smallest absolute Gasteiger partial charge is 0.302 e. The van der Waals surface area contributed by atoms with Crippen LogP contribution in [0.2, 0.25) is 0 Å². The van der Waals surface area contributed by atoms with Gasteiger partial charge in [-0.1, -0.05) is 10.2 Å². The molecule has 0 amide bonds. The van der Waals surface area contributed by atoms with Crippen molar-refractivity contribution < 1.29 is 14.3 Å². The summed E-state index contributed by atoms with van der Waals surface area (Å²) in [6.45, 7) is 1.59. The molecule has 0 spiro atoms. The molecule has 1 aliphatic rings. The Hall–Kier alpha value is -1.95. The number of hydrogen-bond acceptors (Lipinski definition) is 5. The molecule has 3 atom stereocenters. The molecular formula is C8H12N6O3. The zero-order chi connectivity index (χ0) is 12.7. The highest BCUT2D eigenvalue weighted by molar-refractivity contribution is 5.66. The molecule has 1 fully saturated rings. The van der Waals surface area contributed by atoms with Crippen molar-refractivity contribution in [2.45, 2.75) is 31.6 Å². The standard InChI is InChI=1S/C8H12N6O3/c1-5(15)17-8-2-6(3-11-13-9)16-4-7(8)12-14-10/h6-8H,2-4H2,1H3/t6-,7?,8+/m1/s1. The Morgan fingerprint density at radius 3 is 2.88 bits per heavy atom. The molecule has 0 saturated carbocycles. The highest BCUT2D eigenvalue weighted by Crippen LogP contribution is 2.20. The first kappa shape index (κ1) is 13.1. The lowest BCUT2D eigenvalue weighted by Crippen LogP contribution is -2.43. The van der Waals surface area contributed by atoms with E-state index in [1.165, 1.54) is 6.92 Å². The van der Waals surface area contributed by atoms with E-state index >= 15 is 0 Å². The van der Waals surface area contributed by atoms with Gasteiger partial charge >= 0.3 is 5.97 Å². The lowest BCUT2D eigenvalue weighted by atomic mass is 10.0. The molecule has 0 aliphatic carbocycles. The van der Waals surface area contributed by atoms with E-state index in [1.54, 1.807) is 0 Å². The van der Waals surface area contributed by atoms with Crippen LogP contribution in [0.5, 0.6) is 0 Å². The largest absolute Gasteiger partial charge is 0.462 e. The van der Waals surface area contributed by atoms with Crippen molar-refractivity contribution in [2.24, 2.45) is 10.2 Å². The van der Waals surface area contributed by atoms with Gasteiger partial charge in [-0.25, -0.2) is 0 Å². The molecule has 0 N–H and O–H groups in total. The second-order valence-electron chi connectivity index (χ2n) is 3.52. The summed E-state index contributed by atoms with van der Waals surface area (Å²) in [5.74, 6) is -0.447. The van der Waals surface area contributed by atoms with Gasteiger partial charge in [-0.05, 0) is 11.1 Å². The molecule has 1 rings (SSSR count). The van der Waals surface area contributed by atoms with Gasteiger partial charge in [0.05, 0.1) is 25.3 Å². The molecule has 17 heavy (non-hydrogen) atoms. The van der Waals surface area contributed by atoms with Crippen LogP contribution >= 0.6 is 0 Å². The normalized spacial score (nSPS) is 27.5. The Balaban J connectivity index is 2.64. The average Bonchev–Trinajstić information content (AvgIpc) is 2.29. The van der Waals surface area contributed by atoms with Gasteiger partial charge in [0.25, 0.3) is 0 Å². The highest BCUT2D eigenvalue weighted by atomic mass is 16.6. The predicted molar refractivity (Wildman–Crippen MR) is 56.9 cm³/mol. The molecule has 0 bridgehead atoms. The molecule has 1 aliphatic heterocycles. The predicted octanol–water partition coefficient (Wildman–Crippen LogP) is 1.70. The molecule has 0 aromatic heterocycles. The van der Waals surface area contributed by atoms with Crippen molar-refractivity contribution >= 4 is 5.97 Å². The Kier molecular flexibility index (Phi) is 5.09. The molecule has 0 aromatic rings. The van der Waals surface area contributed by atoms with Crippen molar-refractivity contribution in [3.05, 3.63) is 20.9 Å². The Morgan fingerprint density at radius 2 is 2.29 bits per heavy atom. The fourth-order valence-electron chi connectivity index (χ4n) is 1.59. The number of carbonyl (C=O) groups excluding carboxylic acids is 1. The third-order valence-corrected chi connectivity index (χ3v) is 2.29. The molecule has 9 nitrogen and oxygen atoms in total. The van der Waals surface area contributed by atoms with E-state index in [-0.39, 0.29) is 19.3 Å². The van der Waals surface area contributed by atoms with Crippen molar-refractivity contribution in [3.8, 4) is 0 Å². The summed E-state index contributed by atoms with van der Waals surface area (Å²) in [4.78, 5) is 16.2. The summed E-state index contributed by atoms with van der Waals surface area (Å²) in [7, 11) is 0. The zero-order valence-corrected chi connectivity index (χ0v) is 9.26. The van der Waals surface area contributed by atoms with Crippen molar-refractivity contribution in [1.29, 1.82) is 0 Å². The van der Waals surface area contributed by atoms with Crippen molar-refractivity contribution in [3.63, 3.8) is 0 Å². The van der Waals surface area contributed by atoms with Crippen LogP contribution in [0.4, 0.5) is 0 Å². The molecule has 9 heteroatoms. The Bertz CT molecular complexity index is 373. The van der Waals surface area contributed by atoms with E-state index in [0.29, 0.717) is 6.42 Å². The van der Waals surface area contributed by atoms with E-state index < -0.39 is 18.1 Å². The SMILES string of the molecule is CC(=O)O[C@H]1C[C@H](CN=[N+]=[N-])OCC1N=[N+]=[N-]. The monoisotopic (exact) mass is 240 g/mol. The second kappa shape index (κ2) is 6.59. The van der Waals surface area contributed by atoms with Crippen LogP contribution in [0.3, 0.4) is 0 Å². The van der Waals surface area contributed by atoms with Crippen molar-refractivity contribution in [1.82, 2.24) is 0 Å². The van der Waals surface area contributed by atoms with Gasteiger partial charge in [-0.3, -0.25) is 4.79 Å². The van der Waals surface area contributed by atoms with Gasteiger partial charge in [-0.2, -0.15) is 0 Å². The molecule has 1 saturated heterocycles. The number of ether oxygens (including phenoxy) is 2. The van der Waals surface area contributed by atoms with Crippen molar-refractivity contribution in [2.75, 3.05) is 13.2 Å². The maximum Gasteiger partial charge on any atom is 0.302 e. The van der Waals surface area contributed by atoms with Crippen LogP contribution in [0.15, 0.2) is 10.2 Å². The van der Waals surface area contributed by atoms with Crippen LogP contribution < -0.4 is 0 Å². The maximum atomic E-state index is 10.9. The Morgan fingerprint density at radius 1 is 1.53 bits per heavy atom. The van der Waals surface area contributed by atoms with Gasteiger partial charge < -0.3 is 9.47 Å². The van der Waals surface area contributed by atoms with Crippen LogP contribution in [0.25, 0.3) is 20.9 Å². The number of carbonyl (C=O) groups is 1. The fraction of sp³-hybridized carbons (Fsp3) is 0.875. The molecule has 1 heterocycles. The molecule has 0 aromatic carbocycles. The summed E-state index contributed by atoms with van der Waals surface area (Å²) in [5.41, 5.74) is 16.6. The van der Waals surface area contributed by atoms with E-state index in [2.05, 4.69) is 20.1 Å². The molecule has 92 valence electrons. The van der Waals surface area contributed by atoms with E-state index in [0.717, 1.165) is 0 Å². The third-order valence-electron chi connectivity index (χ3n) is 2.29. The summed E-state index contributed by atoms with van der Waals surface area (Å²) < 4.78 is 10.4. The third kappa shape index (κ3) is 4.20. The fourth-order valence-corrected chi connectivity index (χ4v) is 1.59. The lowest BCUT2D eigenvalue weighted by molar-refractivity contribution is -0.154. The molecular weight excluding hydrogens is 228 g/mol. The van der Waals surface area contributed by atoms with E-state index in [1.807, 2.05) is 0 Å². The number of rotatable bonds is 4. The summed E-state index contributed by atoms with van der Waals surface area (Å²) in [6.07, 6.45) is -0.501. The van der Waals surface area contributed by atoms with Crippen LogP contribution in [0.1, 0.15) is 13.3 Å². The zero-order valence-electron chi connectivity index (χ0n) is 9.26. The van der Waals surface area contributed by atoms with Gasteiger partial charge in [0.1, 0.15) is 6.10 Å². The van der Waals surface area contributed by atoms with Gasteiger partial charge in [0.15, 0.2) is 0 Å².